The highest BCUT2D eigenvalue weighted by Crippen LogP contribution is 3.04. The third-order valence-electron chi connectivity index (χ3n) is 11.2. The molecule has 3 N–H and O–H groups in total. The molecule has 12 aliphatic rings. The SMILES string of the molecule is N.O=[N+](OC12C3C4C5C3C1C5C42)OC12C3C4C5C3C1C5C42. The Balaban J connectivity index is 0.000000841. The molecule has 12 fully saturated rings. The Labute approximate surface area is 120 Å². The molecule has 0 amide bonds. The molecule has 0 aromatic heterocycles. The summed E-state index contributed by atoms with van der Waals surface area (Å²) in [6.07, 6.45) is 0. The quantitative estimate of drug-likeness (QED) is 0.783. The number of hydrogen-bond donors (Lipinski definition) is 1. The van der Waals surface area contributed by atoms with Crippen LogP contribution in [0.3, 0.4) is 0 Å². The highest BCUT2D eigenvalue weighted by atomic mass is 17.0. The lowest BCUT2D eigenvalue weighted by atomic mass is 8.99. The Morgan fingerprint density at radius 2 is 0.857 bits per heavy atom. The minimum Gasteiger partial charge on any atom is -0.344 e. The summed E-state index contributed by atoms with van der Waals surface area (Å²) < 4.78 is 0. The van der Waals surface area contributed by atoms with Crippen molar-refractivity contribution in [3.8, 4) is 0 Å². The Bertz CT molecular complexity index is 586. The molecule has 0 aliphatic heterocycles. The molecule has 0 heterocycles. The van der Waals surface area contributed by atoms with Gasteiger partial charge in [-0.2, -0.15) is 9.68 Å². The standard InChI is InChI=1S/C16H14NO3.H3N/c18-17(19-15-9-3-1-4(9)11(15)5(1)10(3)15)20-16-12-6-2-7(12)14(16)8(2)13(6)16;/h1-14H;1H3/q+1;. The van der Waals surface area contributed by atoms with Crippen molar-refractivity contribution in [3.05, 3.63) is 4.91 Å². The highest BCUT2D eigenvalue weighted by molar-refractivity contribution is 5.53. The first-order valence-electron chi connectivity index (χ1n) is 8.69. The van der Waals surface area contributed by atoms with Crippen LogP contribution in [0.4, 0.5) is 0 Å². The van der Waals surface area contributed by atoms with Crippen molar-refractivity contribution < 1.29 is 14.8 Å². The van der Waals surface area contributed by atoms with Crippen LogP contribution in [0.1, 0.15) is 0 Å². The van der Waals surface area contributed by atoms with E-state index in [1.54, 1.807) is 0 Å². The molecule has 21 heavy (non-hydrogen) atoms. The van der Waals surface area contributed by atoms with Crippen molar-refractivity contribution in [1.82, 2.24) is 6.15 Å². The maximum atomic E-state index is 12.3. The van der Waals surface area contributed by atoms with Crippen LogP contribution in [0.15, 0.2) is 0 Å². The predicted octanol–water partition coefficient (Wildman–Crippen LogP) is 1.03. The third-order valence-corrected chi connectivity index (χ3v) is 11.2. The van der Waals surface area contributed by atoms with Crippen molar-refractivity contribution in [2.75, 3.05) is 0 Å². The van der Waals surface area contributed by atoms with Gasteiger partial charge in [0.1, 0.15) is 4.91 Å². The molecule has 0 aromatic rings. The molecule has 0 unspecified atom stereocenters. The first-order chi connectivity index (χ1) is 9.83. The van der Waals surface area contributed by atoms with E-state index in [4.69, 9.17) is 9.68 Å². The van der Waals surface area contributed by atoms with Gasteiger partial charge in [0.05, 0.1) is 0 Å². The van der Waals surface area contributed by atoms with Crippen LogP contribution in [0.2, 0.25) is 0 Å². The van der Waals surface area contributed by atoms with Gasteiger partial charge in [0.2, 0.25) is 11.2 Å². The molecule has 0 spiro atoms. The maximum absolute atomic E-state index is 12.3. The second kappa shape index (κ2) is 1.87. The number of rotatable bonds is 4. The fourth-order valence-electron chi connectivity index (χ4n) is 11.3. The van der Waals surface area contributed by atoms with Crippen LogP contribution < -0.4 is 6.15 Å². The Hall–Kier alpha value is -0.840. The van der Waals surface area contributed by atoms with Gasteiger partial charge in [0, 0.05) is 35.5 Å². The van der Waals surface area contributed by atoms with E-state index in [1.165, 1.54) is 0 Å². The fourth-order valence-corrected chi connectivity index (χ4v) is 11.3. The zero-order valence-corrected chi connectivity index (χ0v) is 11.5. The van der Waals surface area contributed by atoms with E-state index in [1.807, 2.05) is 0 Å². The van der Waals surface area contributed by atoms with Crippen molar-refractivity contribution in [3.63, 3.8) is 0 Å². The van der Waals surface area contributed by atoms with Gasteiger partial charge in [-0.1, -0.05) is 0 Å². The van der Waals surface area contributed by atoms with Gasteiger partial charge < -0.3 is 6.15 Å². The molecule has 12 rings (SSSR count). The summed E-state index contributed by atoms with van der Waals surface area (Å²) in [4.78, 5) is 24.1. The summed E-state index contributed by atoms with van der Waals surface area (Å²) in [7, 11) is 0. The van der Waals surface area contributed by atoms with Gasteiger partial charge in [0.15, 0.2) is 0 Å². The monoisotopic (exact) mass is 285 g/mol. The first-order valence-corrected chi connectivity index (χ1v) is 8.69. The molecule has 0 saturated heterocycles. The van der Waals surface area contributed by atoms with Crippen LogP contribution in [0.5, 0.6) is 0 Å². The van der Waals surface area contributed by atoms with Gasteiger partial charge in [-0.05, 0) is 47.3 Å². The highest BCUT2D eigenvalue weighted by Gasteiger charge is 3.10. The van der Waals surface area contributed by atoms with Crippen LogP contribution in [0.25, 0.3) is 0 Å². The van der Waals surface area contributed by atoms with E-state index in [0.717, 1.165) is 82.9 Å². The number of nitrogens with zero attached hydrogens (tertiary/aromatic N) is 1. The van der Waals surface area contributed by atoms with Gasteiger partial charge >= 0.3 is 5.09 Å². The summed E-state index contributed by atoms with van der Waals surface area (Å²) in [5, 5.41) is 0.614. The lowest BCUT2D eigenvalue weighted by molar-refractivity contribution is -1.04. The zero-order chi connectivity index (χ0) is 12.1. The van der Waals surface area contributed by atoms with Crippen LogP contribution >= 0.6 is 0 Å². The summed E-state index contributed by atoms with van der Waals surface area (Å²) in [5.74, 6) is 12.5. The molecule has 0 atom stereocenters. The molecule has 12 aliphatic carbocycles. The molecule has 0 aromatic carbocycles. The van der Waals surface area contributed by atoms with Crippen molar-refractivity contribution in [2.24, 2.45) is 82.9 Å². The maximum Gasteiger partial charge on any atom is 0.478 e. The Kier molecular flexibility index (Phi) is 0.830. The van der Waals surface area contributed by atoms with E-state index < -0.39 is 0 Å². The summed E-state index contributed by atoms with van der Waals surface area (Å²) in [6.45, 7) is 0. The van der Waals surface area contributed by atoms with Gasteiger partial charge in [-0.15, -0.1) is 0 Å². The minimum absolute atomic E-state index is 0. The van der Waals surface area contributed by atoms with Crippen LogP contribution in [-0.4, -0.2) is 16.3 Å². The van der Waals surface area contributed by atoms with E-state index in [9.17, 15) is 4.91 Å². The second-order valence-electron chi connectivity index (χ2n) is 9.89. The molecule has 0 bridgehead atoms. The van der Waals surface area contributed by atoms with Crippen molar-refractivity contribution >= 4 is 0 Å². The van der Waals surface area contributed by atoms with Gasteiger partial charge in [-0.25, -0.2) is 0 Å². The van der Waals surface area contributed by atoms with Crippen LogP contribution in [0, 0.1) is 87.8 Å². The Morgan fingerprint density at radius 1 is 0.571 bits per heavy atom. The van der Waals surface area contributed by atoms with E-state index in [-0.39, 0.29) is 17.4 Å². The smallest absolute Gasteiger partial charge is 0.344 e. The first kappa shape index (κ1) is 9.33. The normalized spacial score (nSPS) is 92.0. The lowest BCUT2D eigenvalue weighted by Crippen LogP contribution is -3.10. The second-order valence-corrected chi connectivity index (χ2v) is 9.89. The van der Waals surface area contributed by atoms with Gasteiger partial charge in [-0.3, -0.25) is 0 Å². The average molecular weight is 285 g/mol. The zero-order valence-electron chi connectivity index (χ0n) is 11.5. The van der Waals surface area contributed by atoms with Crippen molar-refractivity contribution in [1.29, 1.82) is 0 Å². The third kappa shape index (κ3) is 0.411. The summed E-state index contributed by atoms with van der Waals surface area (Å²) >= 11 is 0. The lowest BCUT2D eigenvalue weighted by Gasteiger charge is -3.04. The largest absolute Gasteiger partial charge is 0.478 e. The predicted molar refractivity (Wildman–Crippen MR) is 65.1 cm³/mol. The molecule has 5 nitrogen and oxygen atoms in total. The average Bonchev–Trinajstić information content (AvgIpc) is 2.48. The van der Waals surface area contributed by atoms with Gasteiger partial charge in [0.25, 0.3) is 0 Å². The van der Waals surface area contributed by atoms with Crippen molar-refractivity contribution in [2.45, 2.75) is 11.2 Å². The summed E-state index contributed by atoms with van der Waals surface area (Å²) in [5.41, 5.74) is -0.00934. The Morgan fingerprint density at radius 3 is 1.14 bits per heavy atom. The molecular weight excluding hydrogens is 268 g/mol. The van der Waals surface area contributed by atoms with E-state index in [0.29, 0.717) is 5.09 Å². The topological polar surface area (TPSA) is 73.5 Å². The minimum atomic E-state index is -0.00467. The molecular formula is C16H17N2O3+. The molecule has 5 heteroatoms. The van der Waals surface area contributed by atoms with Crippen LogP contribution in [-0.2, 0) is 9.68 Å². The summed E-state index contributed by atoms with van der Waals surface area (Å²) in [6, 6.07) is 0. The molecule has 0 radical (unpaired) electrons. The number of hydrogen-bond acceptors (Lipinski definition) is 4. The molecule has 108 valence electrons. The fraction of sp³-hybridized carbons (Fsp3) is 1.00. The van der Waals surface area contributed by atoms with E-state index in [2.05, 4.69) is 0 Å². The van der Waals surface area contributed by atoms with E-state index >= 15 is 0 Å². The molecule has 12 saturated carbocycles.